The molecular formula is C14H30BrNO3. The van der Waals surface area contributed by atoms with Crippen LogP contribution in [0.15, 0.2) is 0 Å². The maximum absolute atomic E-state index is 5.61. The van der Waals surface area contributed by atoms with Crippen LogP contribution in [0.2, 0.25) is 0 Å². The van der Waals surface area contributed by atoms with Gasteiger partial charge >= 0.3 is 0 Å². The third kappa shape index (κ3) is 10.7. The summed E-state index contributed by atoms with van der Waals surface area (Å²) in [7, 11) is 1.68. The summed E-state index contributed by atoms with van der Waals surface area (Å²) in [6, 6.07) is 0.666. The summed E-state index contributed by atoms with van der Waals surface area (Å²) in [5.41, 5.74) is 0. The van der Waals surface area contributed by atoms with Crippen LogP contribution in [-0.2, 0) is 14.2 Å². The van der Waals surface area contributed by atoms with Crippen molar-refractivity contribution in [1.29, 1.82) is 0 Å². The standard InChI is InChI=1S/C14H30BrNO3/c1-4-14(5-2)16(7-6-15)8-9-18-12-13-19-11-10-17-3/h14H,4-13H2,1-3H3. The van der Waals surface area contributed by atoms with Crippen molar-refractivity contribution in [2.45, 2.75) is 32.7 Å². The molecule has 19 heavy (non-hydrogen) atoms. The van der Waals surface area contributed by atoms with Gasteiger partial charge in [0.25, 0.3) is 0 Å². The lowest BCUT2D eigenvalue weighted by Gasteiger charge is -2.29. The van der Waals surface area contributed by atoms with Gasteiger partial charge in [-0.15, -0.1) is 0 Å². The molecule has 0 aromatic rings. The van der Waals surface area contributed by atoms with E-state index in [1.165, 1.54) is 12.8 Å². The van der Waals surface area contributed by atoms with Crippen molar-refractivity contribution in [3.05, 3.63) is 0 Å². The van der Waals surface area contributed by atoms with Crippen LogP contribution in [0.4, 0.5) is 0 Å². The van der Waals surface area contributed by atoms with Gasteiger partial charge in [-0.05, 0) is 12.8 Å². The fourth-order valence-corrected chi connectivity index (χ4v) is 2.49. The van der Waals surface area contributed by atoms with Crippen molar-refractivity contribution in [2.75, 3.05) is 58.6 Å². The van der Waals surface area contributed by atoms with Crippen LogP contribution in [0, 0.1) is 0 Å². The summed E-state index contributed by atoms with van der Waals surface area (Å²) in [5.74, 6) is 0. The quantitative estimate of drug-likeness (QED) is 0.359. The number of hydrogen-bond acceptors (Lipinski definition) is 4. The first kappa shape index (κ1) is 19.3. The Labute approximate surface area is 126 Å². The Balaban J connectivity index is 3.58. The number of ether oxygens (including phenoxy) is 3. The fraction of sp³-hybridized carbons (Fsp3) is 1.00. The molecule has 5 heteroatoms. The van der Waals surface area contributed by atoms with Crippen molar-refractivity contribution in [3.63, 3.8) is 0 Å². The van der Waals surface area contributed by atoms with E-state index in [1.807, 2.05) is 0 Å². The lowest BCUT2D eigenvalue weighted by atomic mass is 10.1. The molecule has 0 aliphatic carbocycles. The van der Waals surface area contributed by atoms with Crippen LogP contribution in [0.5, 0.6) is 0 Å². The van der Waals surface area contributed by atoms with E-state index in [4.69, 9.17) is 14.2 Å². The van der Waals surface area contributed by atoms with E-state index < -0.39 is 0 Å². The third-order valence-electron chi connectivity index (χ3n) is 3.16. The molecule has 116 valence electrons. The summed E-state index contributed by atoms with van der Waals surface area (Å²) in [6.07, 6.45) is 2.40. The number of alkyl halides is 1. The Bertz CT molecular complexity index is 180. The molecule has 4 nitrogen and oxygen atoms in total. The molecule has 0 amide bonds. The van der Waals surface area contributed by atoms with Gasteiger partial charge < -0.3 is 14.2 Å². The fourth-order valence-electron chi connectivity index (χ4n) is 2.04. The molecule has 0 bridgehead atoms. The zero-order chi connectivity index (χ0) is 14.3. The molecule has 0 atom stereocenters. The summed E-state index contributed by atoms with van der Waals surface area (Å²) in [5, 5.41) is 1.02. The number of halogens is 1. The second-order valence-electron chi connectivity index (χ2n) is 4.41. The van der Waals surface area contributed by atoms with Gasteiger partial charge in [0.1, 0.15) is 0 Å². The first-order valence-electron chi connectivity index (χ1n) is 7.24. The molecule has 0 aliphatic rings. The van der Waals surface area contributed by atoms with Crippen molar-refractivity contribution in [1.82, 2.24) is 4.90 Å². The minimum absolute atomic E-state index is 0.642. The minimum atomic E-state index is 0.642. The van der Waals surface area contributed by atoms with Crippen LogP contribution in [-0.4, -0.2) is 69.5 Å². The number of hydrogen-bond donors (Lipinski definition) is 0. The largest absolute Gasteiger partial charge is 0.382 e. The topological polar surface area (TPSA) is 30.9 Å². The second-order valence-corrected chi connectivity index (χ2v) is 5.21. The smallest absolute Gasteiger partial charge is 0.0701 e. The molecule has 0 aromatic heterocycles. The van der Waals surface area contributed by atoms with Crippen LogP contribution < -0.4 is 0 Å². The molecule has 0 spiro atoms. The monoisotopic (exact) mass is 339 g/mol. The highest BCUT2D eigenvalue weighted by Crippen LogP contribution is 2.08. The first-order chi connectivity index (χ1) is 9.29. The molecular weight excluding hydrogens is 310 g/mol. The van der Waals surface area contributed by atoms with Gasteiger partial charge in [0.05, 0.1) is 33.0 Å². The van der Waals surface area contributed by atoms with E-state index in [9.17, 15) is 0 Å². The Morgan fingerprint density at radius 1 is 0.895 bits per heavy atom. The molecule has 0 aromatic carbocycles. The number of methoxy groups -OCH3 is 1. The second kappa shape index (κ2) is 14.7. The van der Waals surface area contributed by atoms with Crippen molar-refractivity contribution in [2.24, 2.45) is 0 Å². The highest BCUT2D eigenvalue weighted by Gasteiger charge is 2.13. The SMILES string of the molecule is CCC(CC)N(CCBr)CCOCCOCCOC. The van der Waals surface area contributed by atoms with Crippen molar-refractivity contribution >= 4 is 15.9 Å². The summed E-state index contributed by atoms with van der Waals surface area (Å²) >= 11 is 3.52. The minimum Gasteiger partial charge on any atom is -0.382 e. The van der Waals surface area contributed by atoms with Crippen LogP contribution in [0.3, 0.4) is 0 Å². The molecule has 0 saturated heterocycles. The average Bonchev–Trinajstić information content (AvgIpc) is 2.43. The Morgan fingerprint density at radius 3 is 2.00 bits per heavy atom. The van der Waals surface area contributed by atoms with E-state index in [0.29, 0.717) is 32.5 Å². The Morgan fingerprint density at radius 2 is 1.47 bits per heavy atom. The molecule has 0 saturated carbocycles. The summed E-state index contributed by atoms with van der Waals surface area (Å²) in [6.45, 7) is 9.95. The molecule has 0 N–H and O–H groups in total. The van der Waals surface area contributed by atoms with Gasteiger partial charge in [0, 0.05) is 31.6 Å². The van der Waals surface area contributed by atoms with E-state index in [2.05, 4.69) is 34.7 Å². The predicted octanol–water partition coefficient (Wildman–Crippen LogP) is 2.55. The van der Waals surface area contributed by atoms with Crippen LogP contribution in [0.25, 0.3) is 0 Å². The van der Waals surface area contributed by atoms with E-state index in [1.54, 1.807) is 7.11 Å². The number of nitrogens with zero attached hydrogens (tertiary/aromatic N) is 1. The predicted molar refractivity (Wildman–Crippen MR) is 83.3 cm³/mol. The van der Waals surface area contributed by atoms with E-state index in [-0.39, 0.29) is 0 Å². The summed E-state index contributed by atoms with van der Waals surface area (Å²) in [4.78, 5) is 2.50. The molecule has 0 radical (unpaired) electrons. The first-order valence-corrected chi connectivity index (χ1v) is 8.36. The maximum atomic E-state index is 5.61. The van der Waals surface area contributed by atoms with Gasteiger partial charge in [-0.1, -0.05) is 29.8 Å². The Kier molecular flexibility index (Phi) is 15.0. The zero-order valence-corrected chi connectivity index (χ0v) is 14.3. The molecule has 0 rings (SSSR count). The van der Waals surface area contributed by atoms with E-state index in [0.717, 1.165) is 25.0 Å². The maximum Gasteiger partial charge on any atom is 0.0701 e. The summed E-state index contributed by atoms with van der Waals surface area (Å²) < 4.78 is 15.9. The Hall–Kier alpha value is 0.320. The lowest BCUT2D eigenvalue weighted by molar-refractivity contribution is 0.0167. The van der Waals surface area contributed by atoms with Crippen molar-refractivity contribution < 1.29 is 14.2 Å². The zero-order valence-electron chi connectivity index (χ0n) is 12.7. The van der Waals surface area contributed by atoms with Gasteiger partial charge in [0.2, 0.25) is 0 Å². The van der Waals surface area contributed by atoms with Crippen molar-refractivity contribution in [3.8, 4) is 0 Å². The molecule has 0 fully saturated rings. The average molecular weight is 340 g/mol. The van der Waals surface area contributed by atoms with Gasteiger partial charge in [-0.2, -0.15) is 0 Å². The van der Waals surface area contributed by atoms with Gasteiger partial charge in [0.15, 0.2) is 0 Å². The van der Waals surface area contributed by atoms with Gasteiger partial charge in [-0.25, -0.2) is 0 Å². The third-order valence-corrected chi connectivity index (χ3v) is 3.51. The molecule has 0 unspecified atom stereocenters. The lowest BCUT2D eigenvalue weighted by Crippen LogP contribution is -2.38. The highest BCUT2D eigenvalue weighted by molar-refractivity contribution is 9.09. The normalized spacial score (nSPS) is 11.7. The van der Waals surface area contributed by atoms with Crippen LogP contribution in [0.1, 0.15) is 26.7 Å². The van der Waals surface area contributed by atoms with E-state index >= 15 is 0 Å². The molecule has 0 heterocycles. The molecule has 0 aliphatic heterocycles. The highest BCUT2D eigenvalue weighted by atomic mass is 79.9. The number of rotatable bonds is 14. The van der Waals surface area contributed by atoms with Gasteiger partial charge in [-0.3, -0.25) is 4.90 Å². The van der Waals surface area contributed by atoms with Crippen LogP contribution >= 0.6 is 15.9 Å².